The van der Waals surface area contributed by atoms with E-state index in [9.17, 15) is 13.2 Å². The average molecular weight is 206 g/mol. The molecule has 1 aliphatic rings. The molecule has 82 valence electrons. The van der Waals surface area contributed by atoms with Gasteiger partial charge in [0.25, 0.3) is 0 Å². The molecule has 0 heterocycles. The van der Waals surface area contributed by atoms with Crippen LogP contribution in [-0.4, -0.2) is 6.18 Å². The monoisotopic (exact) mass is 206 g/mol. The van der Waals surface area contributed by atoms with Crippen molar-refractivity contribution in [2.24, 2.45) is 5.92 Å². The zero-order valence-corrected chi connectivity index (χ0v) is 8.53. The zero-order valence-electron chi connectivity index (χ0n) is 8.53. The molecule has 1 rings (SSSR count). The van der Waals surface area contributed by atoms with E-state index >= 15 is 0 Å². The van der Waals surface area contributed by atoms with E-state index in [1.807, 2.05) is 0 Å². The van der Waals surface area contributed by atoms with Gasteiger partial charge in [-0.1, -0.05) is 18.6 Å². The molecular weight excluding hydrogens is 189 g/mol. The quantitative estimate of drug-likeness (QED) is 0.598. The number of alkyl halides is 3. The lowest BCUT2D eigenvalue weighted by Gasteiger charge is -2.20. The predicted molar refractivity (Wildman–Crippen MR) is 51.0 cm³/mol. The van der Waals surface area contributed by atoms with Crippen molar-refractivity contribution in [3.05, 3.63) is 11.6 Å². The van der Waals surface area contributed by atoms with E-state index < -0.39 is 12.6 Å². The number of rotatable bonds is 3. The molecule has 0 bridgehead atoms. The maximum Gasteiger partial charge on any atom is 0.389 e. The Kier molecular flexibility index (Phi) is 4.02. The molecule has 0 saturated heterocycles. The number of allylic oxidation sites excluding steroid dienone is 2. The van der Waals surface area contributed by atoms with Crippen molar-refractivity contribution in [2.75, 3.05) is 0 Å². The van der Waals surface area contributed by atoms with Crippen LogP contribution in [0.1, 0.15) is 45.4 Å². The van der Waals surface area contributed by atoms with Gasteiger partial charge in [-0.15, -0.1) is 0 Å². The Morgan fingerprint density at radius 2 is 2.14 bits per heavy atom. The molecule has 1 atom stereocenters. The zero-order chi connectivity index (χ0) is 10.6. The van der Waals surface area contributed by atoms with Gasteiger partial charge >= 0.3 is 6.18 Å². The van der Waals surface area contributed by atoms with Crippen molar-refractivity contribution in [2.45, 2.75) is 51.6 Å². The van der Waals surface area contributed by atoms with Crippen LogP contribution in [-0.2, 0) is 0 Å². The molecule has 0 N–H and O–H groups in total. The van der Waals surface area contributed by atoms with Crippen LogP contribution in [0.4, 0.5) is 13.2 Å². The summed E-state index contributed by atoms with van der Waals surface area (Å²) in [6.45, 7) is 2.07. The highest BCUT2D eigenvalue weighted by molar-refractivity contribution is 5.07. The predicted octanol–water partition coefficient (Wildman–Crippen LogP) is 4.47. The highest BCUT2D eigenvalue weighted by atomic mass is 19.4. The summed E-state index contributed by atoms with van der Waals surface area (Å²) in [6.07, 6.45) is 1.77. The standard InChI is InChI=1S/C11H17F3/c1-2-9-4-3-5-10(8-9)6-7-11(12,13)14/h8,10H,2-7H2,1H3. The Morgan fingerprint density at radius 3 is 2.71 bits per heavy atom. The van der Waals surface area contributed by atoms with Gasteiger partial charge in [-0.3, -0.25) is 0 Å². The molecule has 0 nitrogen and oxygen atoms in total. The van der Waals surface area contributed by atoms with Crippen LogP contribution >= 0.6 is 0 Å². The van der Waals surface area contributed by atoms with Crippen molar-refractivity contribution in [3.8, 4) is 0 Å². The minimum Gasteiger partial charge on any atom is -0.171 e. The first-order chi connectivity index (χ1) is 6.51. The summed E-state index contributed by atoms with van der Waals surface area (Å²) in [6, 6.07) is 0. The second-order valence-electron chi connectivity index (χ2n) is 3.98. The van der Waals surface area contributed by atoms with E-state index in [4.69, 9.17) is 0 Å². The van der Waals surface area contributed by atoms with Crippen LogP contribution in [0.2, 0.25) is 0 Å². The normalized spacial score (nSPS) is 23.4. The summed E-state index contributed by atoms with van der Waals surface area (Å²) in [7, 11) is 0. The summed E-state index contributed by atoms with van der Waals surface area (Å²) < 4.78 is 35.9. The molecule has 0 spiro atoms. The van der Waals surface area contributed by atoms with Crippen molar-refractivity contribution in [3.63, 3.8) is 0 Å². The van der Waals surface area contributed by atoms with Crippen molar-refractivity contribution in [1.29, 1.82) is 0 Å². The van der Waals surface area contributed by atoms with Gasteiger partial charge in [0.1, 0.15) is 0 Å². The van der Waals surface area contributed by atoms with E-state index in [2.05, 4.69) is 13.0 Å². The first-order valence-corrected chi connectivity index (χ1v) is 5.27. The van der Waals surface area contributed by atoms with Crippen LogP contribution < -0.4 is 0 Å². The van der Waals surface area contributed by atoms with Gasteiger partial charge < -0.3 is 0 Å². The number of hydrogen-bond acceptors (Lipinski definition) is 0. The first kappa shape index (κ1) is 11.6. The third kappa shape index (κ3) is 4.16. The van der Waals surface area contributed by atoms with Crippen LogP contribution in [0, 0.1) is 5.92 Å². The molecule has 0 fully saturated rings. The molecule has 1 unspecified atom stereocenters. The van der Waals surface area contributed by atoms with Gasteiger partial charge in [0.05, 0.1) is 0 Å². The minimum absolute atomic E-state index is 0.167. The van der Waals surface area contributed by atoms with Crippen LogP contribution in [0.5, 0.6) is 0 Å². The van der Waals surface area contributed by atoms with Crippen molar-refractivity contribution in [1.82, 2.24) is 0 Å². The van der Waals surface area contributed by atoms with Crippen molar-refractivity contribution < 1.29 is 13.2 Å². The lowest BCUT2D eigenvalue weighted by Crippen LogP contribution is -2.12. The molecule has 0 aromatic carbocycles. The maximum atomic E-state index is 12.0. The van der Waals surface area contributed by atoms with Gasteiger partial charge in [0, 0.05) is 6.42 Å². The summed E-state index contributed by atoms with van der Waals surface area (Å²) in [5.41, 5.74) is 1.34. The molecule has 0 saturated carbocycles. The molecular formula is C11H17F3. The van der Waals surface area contributed by atoms with E-state index in [1.54, 1.807) is 0 Å². The minimum atomic E-state index is -3.99. The molecule has 0 aromatic rings. The molecule has 0 aromatic heterocycles. The molecule has 1 aliphatic carbocycles. The van der Waals surface area contributed by atoms with Gasteiger partial charge in [-0.25, -0.2) is 0 Å². The fourth-order valence-corrected chi connectivity index (χ4v) is 1.96. The third-order valence-electron chi connectivity index (χ3n) is 2.80. The number of hydrogen-bond donors (Lipinski definition) is 0. The number of halogens is 3. The second-order valence-corrected chi connectivity index (χ2v) is 3.98. The second kappa shape index (κ2) is 4.85. The topological polar surface area (TPSA) is 0 Å². The van der Waals surface area contributed by atoms with Gasteiger partial charge in [-0.2, -0.15) is 13.2 Å². The summed E-state index contributed by atoms with van der Waals surface area (Å²) >= 11 is 0. The highest BCUT2D eigenvalue weighted by Crippen LogP contribution is 2.31. The van der Waals surface area contributed by atoms with E-state index in [1.165, 1.54) is 5.57 Å². The fraction of sp³-hybridized carbons (Fsp3) is 0.818. The summed E-state index contributed by atoms with van der Waals surface area (Å²) in [4.78, 5) is 0. The van der Waals surface area contributed by atoms with Gasteiger partial charge in [0.15, 0.2) is 0 Å². The molecule has 3 heteroatoms. The molecule has 14 heavy (non-hydrogen) atoms. The largest absolute Gasteiger partial charge is 0.389 e. The van der Waals surface area contributed by atoms with E-state index in [0.29, 0.717) is 0 Å². The Labute approximate surface area is 83.2 Å². The molecule has 0 radical (unpaired) electrons. The summed E-state index contributed by atoms with van der Waals surface area (Å²) in [5, 5.41) is 0. The Hall–Kier alpha value is -0.470. The van der Waals surface area contributed by atoms with Gasteiger partial charge in [0.2, 0.25) is 0 Å². The molecule has 0 amide bonds. The van der Waals surface area contributed by atoms with Crippen LogP contribution in [0.3, 0.4) is 0 Å². The Morgan fingerprint density at radius 1 is 1.43 bits per heavy atom. The maximum absolute atomic E-state index is 12.0. The summed E-state index contributed by atoms with van der Waals surface area (Å²) in [5.74, 6) is 0.167. The average Bonchev–Trinajstić information content (AvgIpc) is 2.14. The first-order valence-electron chi connectivity index (χ1n) is 5.27. The molecule has 0 aliphatic heterocycles. The lowest BCUT2D eigenvalue weighted by atomic mass is 9.86. The fourth-order valence-electron chi connectivity index (χ4n) is 1.96. The highest BCUT2D eigenvalue weighted by Gasteiger charge is 2.28. The SMILES string of the molecule is CCC1=CC(CCC(F)(F)F)CCC1. The van der Waals surface area contributed by atoms with Crippen LogP contribution in [0.15, 0.2) is 11.6 Å². The lowest BCUT2D eigenvalue weighted by molar-refractivity contribution is -0.137. The Bertz CT molecular complexity index is 203. The smallest absolute Gasteiger partial charge is 0.171 e. The van der Waals surface area contributed by atoms with Gasteiger partial charge in [-0.05, 0) is 38.0 Å². The van der Waals surface area contributed by atoms with Crippen LogP contribution in [0.25, 0.3) is 0 Å². The third-order valence-corrected chi connectivity index (χ3v) is 2.80. The van der Waals surface area contributed by atoms with E-state index in [0.717, 1.165) is 25.7 Å². The Balaban J connectivity index is 2.38. The van der Waals surface area contributed by atoms with E-state index in [-0.39, 0.29) is 12.3 Å². The van der Waals surface area contributed by atoms with Crippen molar-refractivity contribution >= 4 is 0 Å².